The number of carbonyl (C=O) groups is 1. The lowest BCUT2D eigenvalue weighted by atomic mass is 9.78. The van der Waals surface area contributed by atoms with Crippen molar-refractivity contribution in [3.05, 3.63) is 0 Å². The summed E-state index contributed by atoms with van der Waals surface area (Å²) < 4.78 is 5.98. The van der Waals surface area contributed by atoms with Gasteiger partial charge in [0.25, 0.3) is 0 Å². The van der Waals surface area contributed by atoms with Crippen LogP contribution in [0.4, 0.5) is 0 Å². The minimum Gasteiger partial charge on any atom is -0.375 e. The highest BCUT2D eigenvalue weighted by atomic mass is 16.5. The van der Waals surface area contributed by atoms with Crippen molar-refractivity contribution >= 4 is 5.78 Å². The van der Waals surface area contributed by atoms with Crippen molar-refractivity contribution in [1.82, 2.24) is 0 Å². The highest BCUT2D eigenvalue weighted by Crippen LogP contribution is 2.42. The van der Waals surface area contributed by atoms with Crippen LogP contribution in [0.5, 0.6) is 0 Å². The molecule has 1 aliphatic carbocycles. The van der Waals surface area contributed by atoms with Gasteiger partial charge in [-0.1, -0.05) is 33.1 Å². The van der Waals surface area contributed by atoms with Gasteiger partial charge in [0.05, 0.1) is 11.6 Å². The van der Waals surface area contributed by atoms with E-state index in [1.54, 1.807) is 0 Å². The van der Waals surface area contributed by atoms with Crippen LogP contribution in [0.3, 0.4) is 0 Å². The van der Waals surface area contributed by atoms with Crippen LogP contribution >= 0.6 is 0 Å². The highest BCUT2D eigenvalue weighted by Gasteiger charge is 2.43. The molecule has 2 N–H and O–H groups in total. The van der Waals surface area contributed by atoms with Crippen LogP contribution in [0, 0.1) is 11.8 Å². The summed E-state index contributed by atoms with van der Waals surface area (Å²) in [6.45, 7) is 4.91. The van der Waals surface area contributed by atoms with Gasteiger partial charge in [-0.15, -0.1) is 0 Å². The molecular weight excluding hydrogens is 226 g/mol. The fourth-order valence-corrected chi connectivity index (χ4v) is 3.44. The third-order valence-electron chi connectivity index (χ3n) is 5.00. The molecule has 3 nitrogen and oxygen atoms in total. The van der Waals surface area contributed by atoms with Gasteiger partial charge in [0.2, 0.25) is 0 Å². The van der Waals surface area contributed by atoms with Crippen molar-refractivity contribution in [2.75, 3.05) is 6.61 Å². The minimum atomic E-state index is -0.281. The van der Waals surface area contributed by atoms with E-state index >= 15 is 0 Å². The number of rotatable bonds is 4. The topological polar surface area (TPSA) is 52.3 Å². The first-order valence-corrected chi connectivity index (χ1v) is 7.51. The second-order valence-corrected chi connectivity index (χ2v) is 6.24. The van der Waals surface area contributed by atoms with E-state index in [0.717, 1.165) is 38.7 Å². The van der Waals surface area contributed by atoms with Crippen molar-refractivity contribution in [3.8, 4) is 0 Å². The van der Waals surface area contributed by atoms with Gasteiger partial charge in [-0.3, -0.25) is 4.79 Å². The maximum atomic E-state index is 12.5. The molecule has 1 spiro atoms. The molecule has 3 atom stereocenters. The molecule has 1 saturated carbocycles. The molecule has 2 aliphatic rings. The Labute approximate surface area is 110 Å². The summed E-state index contributed by atoms with van der Waals surface area (Å²) in [7, 11) is 0. The molecular formula is C15H27NO2. The molecule has 3 unspecified atom stereocenters. The van der Waals surface area contributed by atoms with Crippen LogP contribution in [0.2, 0.25) is 0 Å². The number of Topliss-reactive ketones (excluding diaryl/α,β-unsaturated/α-hetero) is 1. The Morgan fingerprint density at radius 3 is 2.72 bits per heavy atom. The van der Waals surface area contributed by atoms with Crippen molar-refractivity contribution in [1.29, 1.82) is 0 Å². The Bertz CT molecular complexity index is 297. The third kappa shape index (κ3) is 2.77. The van der Waals surface area contributed by atoms with Gasteiger partial charge >= 0.3 is 0 Å². The van der Waals surface area contributed by atoms with Gasteiger partial charge in [-0.25, -0.2) is 0 Å². The van der Waals surface area contributed by atoms with Crippen molar-refractivity contribution in [2.24, 2.45) is 17.6 Å². The molecule has 104 valence electrons. The van der Waals surface area contributed by atoms with E-state index in [2.05, 4.69) is 13.8 Å². The molecule has 0 aromatic rings. The van der Waals surface area contributed by atoms with Gasteiger partial charge in [0, 0.05) is 12.5 Å². The number of ketones is 1. The lowest BCUT2D eigenvalue weighted by Gasteiger charge is -2.38. The molecule has 0 amide bonds. The molecule has 1 saturated heterocycles. The fourth-order valence-electron chi connectivity index (χ4n) is 3.44. The Morgan fingerprint density at radius 1 is 1.44 bits per heavy atom. The summed E-state index contributed by atoms with van der Waals surface area (Å²) in [6.07, 6.45) is 7.52. The van der Waals surface area contributed by atoms with Crippen LogP contribution < -0.4 is 5.73 Å². The summed E-state index contributed by atoms with van der Waals surface area (Å²) in [6, 6.07) is -0.281. The molecule has 2 fully saturated rings. The molecule has 1 aliphatic heterocycles. The SMILES string of the molecule is CCC(C)C(N)C(=O)C1CCOC2(CCCC2)C1. The number of ether oxygens (including phenoxy) is 1. The smallest absolute Gasteiger partial charge is 0.153 e. The number of hydrogen-bond donors (Lipinski definition) is 1. The molecule has 18 heavy (non-hydrogen) atoms. The van der Waals surface area contributed by atoms with Crippen LogP contribution in [0.1, 0.15) is 58.8 Å². The van der Waals surface area contributed by atoms with E-state index in [9.17, 15) is 4.79 Å². The third-order valence-corrected chi connectivity index (χ3v) is 5.00. The van der Waals surface area contributed by atoms with Gasteiger partial charge in [0.1, 0.15) is 0 Å². The number of carbonyl (C=O) groups excluding carboxylic acids is 1. The van der Waals surface area contributed by atoms with Crippen LogP contribution in [0.25, 0.3) is 0 Å². The van der Waals surface area contributed by atoms with Crippen LogP contribution in [0.15, 0.2) is 0 Å². The van der Waals surface area contributed by atoms with Crippen molar-refractivity contribution in [3.63, 3.8) is 0 Å². The monoisotopic (exact) mass is 253 g/mol. The summed E-state index contributed by atoms with van der Waals surface area (Å²) in [4.78, 5) is 12.5. The second-order valence-electron chi connectivity index (χ2n) is 6.24. The maximum Gasteiger partial charge on any atom is 0.153 e. The van der Waals surface area contributed by atoms with Crippen molar-refractivity contribution in [2.45, 2.75) is 70.4 Å². The zero-order valence-electron chi connectivity index (χ0n) is 11.8. The lowest BCUT2D eigenvalue weighted by molar-refractivity contribution is -0.138. The van der Waals surface area contributed by atoms with Gasteiger partial charge < -0.3 is 10.5 Å². The van der Waals surface area contributed by atoms with Crippen LogP contribution in [-0.4, -0.2) is 24.0 Å². The Hall–Kier alpha value is -0.410. The Balaban J connectivity index is 1.98. The zero-order valence-corrected chi connectivity index (χ0v) is 11.8. The quantitative estimate of drug-likeness (QED) is 0.838. The molecule has 2 rings (SSSR count). The first-order valence-electron chi connectivity index (χ1n) is 7.51. The van der Waals surface area contributed by atoms with E-state index in [1.807, 2.05) is 0 Å². The molecule has 3 heteroatoms. The zero-order chi connectivity index (χ0) is 13.2. The Morgan fingerprint density at radius 2 is 2.11 bits per heavy atom. The predicted molar refractivity (Wildman–Crippen MR) is 72.3 cm³/mol. The largest absolute Gasteiger partial charge is 0.375 e. The summed E-state index contributed by atoms with van der Waals surface area (Å²) in [5.74, 6) is 0.708. The fraction of sp³-hybridized carbons (Fsp3) is 0.933. The summed E-state index contributed by atoms with van der Waals surface area (Å²) >= 11 is 0. The number of nitrogens with two attached hydrogens (primary N) is 1. The van der Waals surface area contributed by atoms with E-state index in [4.69, 9.17) is 10.5 Å². The average Bonchev–Trinajstić information content (AvgIpc) is 2.84. The number of hydrogen-bond acceptors (Lipinski definition) is 3. The average molecular weight is 253 g/mol. The van der Waals surface area contributed by atoms with E-state index in [0.29, 0.717) is 5.92 Å². The van der Waals surface area contributed by atoms with Gasteiger partial charge in [-0.05, 0) is 31.6 Å². The van der Waals surface area contributed by atoms with Gasteiger partial charge in [0.15, 0.2) is 5.78 Å². The van der Waals surface area contributed by atoms with Gasteiger partial charge in [-0.2, -0.15) is 0 Å². The first kappa shape index (κ1) is 14.0. The van der Waals surface area contributed by atoms with Crippen molar-refractivity contribution < 1.29 is 9.53 Å². The van der Waals surface area contributed by atoms with E-state index in [1.165, 1.54) is 12.8 Å². The molecule has 0 radical (unpaired) electrons. The minimum absolute atomic E-state index is 0.0216. The highest BCUT2D eigenvalue weighted by molar-refractivity contribution is 5.86. The first-order chi connectivity index (χ1) is 8.58. The second kappa shape index (κ2) is 5.70. The van der Waals surface area contributed by atoms with E-state index in [-0.39, 0.29) is 23.3 Å². The van der Waals surface area contributed by atoms with Crippen LogP contribution in [-0.2, 0) is 9.53 Å². The normalized spacial score (nSPS) is 30.3. The predicted octanol–water partition coefficient (Wildman–Crippen LogP) is 2.67. The lowest BCUT2D eigenvalue weighted by Crippen LogP contribution is -2.46. The summed E-state index contributed by atoms with van der Waals surface area (Å²) in [5, 5.41) is 0. The summed E-state index contributed by atoms with van der Waals surface area (Å²) in [5.41, 5.74) is 6.12. The molecule has 1 heterocycles. The Kier molecular flexibility index (Phi) is 4.44. The molecule has 0 bridgehead atoms. The maximum absolute atomic E-state index is 12.5. The molecule has 0 aromatic carbocycles. The molecule has 0 aromatic heterocycles. The van der Waals surface area contributed by atoms with E-state index < -0.39 is 0 Å². The standard InChI is InChI=1S/C15H27NO2/c1-3-11(2)13(16)14(17)12-6-9-18-15(10-12)7-4-5-8-15/h11-13H,3-10,16H2,1-2H3.